The quantitative estimate of drug-likeness (QED) is 0.641. The lowest BCUT2D eigenvalue weighted by Gasteiger charge is -2.22. The second-order valence-electron chi connectivity index (χ2n) is 5.03. The van der Waals surface area contributed by atoms with Crippen molar-refractivity contribution in [2.75, 3.05) is 32.2 Å². The number of non-ortho nitro benzene ring substituents is 1. The Labute approximate surface area is 127 Å². The number of methoxy groups -OCH3 is 1. The van der Waals surface area contributed by atoms with Crippen LogP contribution < -0.4 is 15.4 Å². The maximum Gasteiger partial charge on any atom is 0.319 e. The first-order valence-electron chi connectivity index (χ1n) is 7.05. The Morgan fingerprint density at radius 3 is 2.82 bits per heavy atom. The molecule has 1 aromatic rings. The highest BCUT2D eigenvalue weighted by Gasteiger charge is 2.16. The van der Waals surface area contributed by atoms with Gasteiger partial charge in [-0.15, -0.1) is 0 Å². The molecule has 1 aliphatic rings. The third kappa shape index (κ3) is 4.32. The highest BCUT2D eigenvalue weighted by atomic mass is 16.6. The van der Waals surface area contributed by atoms with Gasteiger partial charge in [-0.3, -0.25) is 10.1 Å². The molecule has 0 spiro atoms. The Morgan fingerprint density at radius 2 is 2.18 bits per heavy atom. The molecule has 22 heavy (non-hydrogen) atoms. The van der Waals surface area contributed by atoms with Crippen LogP contribution in [0, 0.1) is 16.0 Å². The van der Waals surface area contributed by atoms with E-state index in [1.807, 2.05) is 0 Å². The molecule has 2 rings (SSSR count). The highest BCUT2D eigenvalue weighted by Crippen LogP contribution is 2.28. The van der Waals surface area contributed by atoms with Gasteiger partial charge in [-0.05, 0) is 24.8 Å². The van der Waals surface area contributed by atoms with Gasteiger partial charge in [-0.25, -0.2) is 4.79 Å². The number of rotatable bonds is 5. The molecule has 120 valence electrons. The van der Waals surface area contributed by atoms with E-state index >= 15 is 0 Å². The molecule has 1 heterocycles. The molecule has 0 radical (unpaired) electrons. The van der Waals surface area contributed by atoms with Gasteiger partial charge < -0.3 is 20.1 Å². The lowest BCUT2D eigenvalue weighted by molar-refractivity contribution is -0.384. The monoisotopic (exact) mass is 309 g/mol. The van der Waals surface area contributed by atoms with Gasteiger partial charge in [0.15, 0.2) is 0 Å². The number of hydrogen-bond acceptors (Lipinski definition) is 5. The molecule has 0 atom stereocenters. The van der Waals surface area contributed by atoms with E-state index in [4.69, 9.17) is 9.47 Å². The summed E-state index contributed by atoms with van der Waals surface area (Å²) in [6.07, 6.45) is 1.83. The second-order valence-corrected chi connectivity index (χ2v) is 5.03. The van der Waals surface area contributed by atoms with Crippen LogP contribution in [0.4, 0.5) is 16.2 Å². The summed E-state index contributed by atoms with van der Waals surface area (Å²) in [6.45, 7) is 1.98. The number of amides is 2. The minimum Gasteiger partial charge on any atom is -0.495 e. The molecule has 0 bridgehead atoms. The van der Waals surface area contributed by atoms with Crippen molar-refractivity contribution < 1.29 is 19.2 Å². The minimum absolute atomic E-state index is 0.111. The van der Waals surface area contributed by atoms with E-state index < -0.39 is 11.0 Å². The Morgan fingerprint density at radius 1 is 1.45 bits per heavy atom. The normalized spacial score (nSPS) is 15.1. The lowest BCUT2D eigenvalue weighted by atomic mass is 10.0. The number of anilines is 1. The molecule has 0 unspecified atom stereocenters. The van der Waals surface area contributed by atoms with E-state index in [2.05, 4.69) is 10.6 Å². The van der Waals surface area contributed by atoms with Gasteiger partial charge in [-0.1, -0.05) is 0 Å². The zero-order chi connectivity index (χ0) is 15.9. The second kappa shape index (κ2) is 7.60. The van der Waals surface area contributed by atoms with Gasteiger partial charge in [0.1, 0.15) is 5.75 Å². The summed E-state index contributed by atoms with van der Waals surface area (Å²) >= 11 is 0. The number of benzene rings is 1. The van der Waals surface area contributed by atoms with Gasteiger partial charge in [0.25, 0.3) is 5.69 Å². The molecule has 8 heteroatoms. The zero-order valence-electron chi connectivity index (χ0n) is 12.3. The topological polar surface area (TPSA) is 103 Å². The molecule has 1 fully saturated rings. The van der Waals surface area contributed by atoms with E-state index in [0.29, 0.717) is 31.4 Å². The molecule has 1 aromatic carbocycles. The average molecular weight is 309 g/mol. The van der Waals surface area contributed by atoms with Gasteiger partial charge in [0, 0.05) is 31.9 Å². The van der Waals surface area contributed by atoms with E-state index in [1.165, 1.54) is 25.3 Å². The fraction of sp³-hybridized carbons (Fsp3) is 0.500. The number of urea groups is 1. The number of ether oxygens (including phenoxy) is 2. The summed E-state index contributed by atoms with van der Waals surface area (Å²) in [5, 5.41) is 16.2. The summed E-state index contributed by atoms with van der Waals surface area (Å²) in [5.41, 5.74) is 0.154. The Balaban J connectivity index is 1.94. The lowest BCUT2D eigenvalue weighted by Crippen LogP contribution is -2.35. The van der Waals surface area contributed by atoms with Crippen LogP contribution in [-0.2, 0) is 4.74 Å². The molecule has 0 aromatic heterocycles. The Kier molecular flexibility index (Phi) is 5.54. The van der Waals surface area contributed by atoms with Crippen molar-refractivity contribution in [1.82, 2.24) is 5.32 Å². The number of nitro groups is 1. The van der Waals surface area contributed by atoms with E-state index in [9.17, 15) is 14.9 Å². The summed E-state index contributed by atoms with van der Waals surface area (Å²) in [6, 6.07) is 3.63. The van der Waals surface area contributed by atoms with Crippen LogP contribution >= 0.6 is 0 Å². The summed E-state index contributed by atoms with van der Waals surface area (Å²) in [5.74, 6) is 0.762. The van der Waals surface area contributed by atoms with Crippen molar-refractivity contribution in [2.45, 2.75) is 12.8 Å². The number of nitro benzene ring substituents is 1. The summed E-state index contributed by atoms with van der Waals surface area (Å²) in [7, 11) is 1.44. The van der Waals surface area contributed by atoms with Crippen LogP contribution in [0.25, 0.3) is 0 Å². The van der Waals surface area contributed by atoms with Crippen molar-refractivity contribution in [1.29, 1.82) is 0 Å². The van der Waals surface area contributed by atoms with E-state index in [1.54, 1.807) is 0 Å². The largest absolute Gasteiger partial charge is 0.495 e. The van der Waals surface area contributed by atoms with Crippen LogP contribution in [0.1, 0.15) is 12.8 Å². The Bertz CT molecular complexity index is 543. The van der Waals surface area contributed by atoms with E-state index in [0.717, 1.165) is 12.8 Å². The van der Waals surface area contributed by atoms with Gasteiger partial charge in [0.2, 0.25) is 0 Å². The van der Waals surface area contributed by atoms with Crippen molar-refractivity contribution >= 4 is 17.4 Å². The van der Waals surface area contributed by atoms with Crippen LogP contribution in [0.5, 0.6) is 5.75 Å². The first-order chi connectivity index (χ1) is 10.6. The standard InChI is InChI=1S/C14H19N3O5/c1-21-13-3-2-11(17(19)20)8-12(13)16-14(18)15-9-10-4-6-22-7-5-10/h2-3,8,10H,4-7,9H2,1H3,(H2,15,16,18). The number of carbonyl (C=O) groups excluding carboxylic acids is 1. The van der Waals surface area contributed by atoms with Crippen molar-refractivity contribution in [3.05, 3.63) is 28.3 Å². The maximum atomic E-state index is 11.9. The Hall–Kier alpha value is -2.35. The molecular formula is C14H19N3O5. The molecule has 0 aliphatic carbocycles. The summed E-state index contributed by atoms with van der Waals surface area (Å²) in [4.78, 5) is 22.2. The van der Waals surface area contributed by atoms with Crippen LogP contribution in [0.2, 0.25) is 0 Å². The van der Waals surface area contributed by atoms with Gasteiger partial charge in [-0.2, -0.15) is 0 Å². The van der Waals surface area contributed by atoms with Crippen LogP contribution in [0.3, 0.4) is 0 Å². The average Bonchev–Trinajstić information content (AvgIpc) is 2.53. The van der Waals surface area contributed by atoms with Crippen molar-refractivity contribution in [3.63, 3.8) is 0 Å². The first-order valence-corrected chi connectivity index (χ1v) is 7.05. The van der Waals surface area contributed by atoms with Crippen molar-refractivity contribution in [3.8, 4) is 5.75 Å². The molecule has 0 saturated carbocycles. The van der Waals surface area contributed by atoms with Gasteiger partial charge in [0.05, 0.1) is 17.7 Å². The predicted molar refractivity (Wildman–Crippen MR) is 80.2 cm³/mol. The molecular weight excluding hydrogens is 290 g/mol. The molecule has 1 saturated heterocycles. The smallest absolute Gasteiger partial charge is 0.319 e. The fourth-order valence-corrected chi connectivity index (χ4v) is 2.26. The van der Waals surface area contributed by atoms with E-state index in [-0.39, 0.29) is 11.4 Å². The molecule has 2 N–H and O–H groups in total. The third-order valence-corrected chi connectivity index (χ3v) is 3.53. The maximum absolute atomic E-state index is 11.9. The SMILES string of the molecule is COc1ccc([N+](=O)[O-])cc1NC(=O)NCC1CCOCC1. The minimum atomic E-state index is -0.523. The summed E-state index contributed by atoms with van der Waals surface area (Å²) < 4.78 is 10.4. The van der Waals surface area contributed by atoms with Crippen molar-refractivity contribution in [2.24, 2.45) is 5.92 Å². The predicted octanol–water partition coefficient (Wildman–Crippen LogP) is 2.15. The molecule has 2 amide bonds. The zero-order valence-corrected chi connectivity index (χ0v) is 12.3. The highest BCUT2D eigenvalue weighted by molar-refractivity contribution is 5.91. The van der Waals surface area contributed by atoms with Crippen LogP contribution in [-0.4, -0.2) is 37.8 Å². The van der Waals surface area contributed by atoms with Crippen LogP contribution in [0.15, 0.2) is 18.2 Å². The molecule has 8 nitrogen and oxygen atoms in total. The number of carbonyl (C=O) groups is 1. The first kappa shape index (κ1) is 16.0. The number of hydrogen-bond donors (Lipinski definition) is 2. The number of nitrogens with one attached hydrogen (secondary N) is 2. The molecule has 1 aliphatic heterocycles. The number of nitrogens with zero attached hydrogens (tertiary/aromatic N) is 1. The third-order valence-electron chi connectivity index (χ3n) is 3.53. The van der Waals surface area contributed by atoms with Gasteiger partial charge >= 0.3 is 6.03 Å². The fourth-order valence-electron chi connectivity index (χ4n) is 2.26.